The second-order valence-electron chi connectivity index (χ2n) is 7.61. The van der Waals surface area contributed by atoms with E-state index in [0.717, 1.165) is 32.2 Å². The lowest BCUT2D eigenvalue weighted by Gasteiger charge is -2.56. The molecule has 0 saturated heterocycles. The number of ether oxygens (including phenoxy) is 2. The number of nitrogens with one attached hydrogen (secondary N) is 1. The number of hydrogen-bond acceptors (Lipinski definition) is 5. The second-order valence-corrected chi connectivity index (χ2v) is 7.61. The van der Waals surface area contributed by atoms with Crippen molar-refractivity contribution in [2.24, 2.45) is 0 Å². The molecule has 2 aliphatic carbocycles. The third kappa shape index (κ3) is 1.68. The molecule has 5 nitrogen and oxygen atoms in total. The molecule has 4 aliphatic rings. The monoisotopic (exact) mass is 317 g/mol. The van der Waals surface area contributed by atoms with Crippen LogP contribution in [0.2, 0.25) is 0 Å². The molecule has 5 heteroatoms. The van der Waals surface area contributed by atoms with E-state index in [1.807, 2.05) is 0 Å². The summed E-state index contributed by atoms with van der Waals surface area (Å²) in [5, 5.41) is 24.8. The van der Waals surface area contributed by atoms with E-state index >= 15 is 0 Å². The molecule has 2 bridgehead atoms. The largest absolute Gasteiger partial charge is 0.493 e. The van der Waals surface area contributed by atoms with Crippen LogP contribution in [0.3, 0.4) is 0 Å². The summed E-state index contributed by atoms with van der Waals surface area (Å²) in [5.41, 5.74) is 3.88. The third-order valence-corrected chi connectivity index (χ3v) is 6.45. The SMILES string of the molecule is COc1cc2c3c4c1O[C@@]1(O)C[C@]4(CC[C@H]3NCC2)CC[C@@H]1O. The molecule has 2 aliphatic heterocycles. The zero-order chi connectivity index (χ0) is 15.8. The van der Waals surface area contributed by atoms with Crippen molar-refractivity contribution in [3.8, 4) is 11.5 Å². The van der Waals surface area contributed by atoms with Gasteiger partial charge in [0.05, 0.1) is 7.11 Å². The highest BCUT2D eigenvalue weighted by molar-refractivity contribution is 5.62. The predicted molar refractivity (Wildman–Crippen MR) is 83.8 cm³/mol. The highest BCUT2D eigenvalue weighted by Gasteiger charge is 2.59. The number of benzene rings is 1. The summed E-state index contributed by atoms with van der Waals surface area (Å²) >= 11 is 0. The molecule has 5 rings (SSSR count). The molecular formula is C18H23NO4. The average Bonchev–Trinajstić information content (AvgIpc) is 2.55. The minimum atomic E-state index is -1.48. The Morgan fingerprint density at radius 3 is 3.00 bits per heavy atom. The van der Waals surface area contributed by atoms with Gasteiger partial charge in [0, 0.05) is 23.4 Å². The maximum absolute atomic E-state index is 10.9. The number of fused-ring (bicyclic) bond motifs is 1. The van der Waals surface area contributed by atoms with E-state index in [1.54, 1.807) is 7.11 Å². The Morgan fingerprint density at radius 2 is 2.17 bits per heavy atom. The van der Waals surface area contributed by atoms with Crippen molar-refractivity contribution >= 4 is 0 Å². The van der Waals surface area contributed by atoms with Crippen molar-refractivity contribution in [3.63, 3.8) is 0 Å². The minimum Gasteiger partial charge on any atom is -0.493 e. The van der Waals surface area contributed by atoms with E-state index in [0.29, 0.717) is 30.4 Å². The topological polar surface area (TPSA) is 71.0 Å². The molecule has 0 aromatic heterocycles. The molecule has 0 unspecified atom stereocenters. The summed E-state index contributed by atoms with van der Waals surface area (Å²) in [6.45, 7) is 0.996. The van der Waals surface area contributed by atoms with Crippen molar-refractivity contribution in [2.45, 2.75) is 61.9 Å². The molecule has 23 heavy (non-hydrogen) atoms. The van der Waals surface area contributed by atoms with Gasteiger partial charge in [-0.05, 0) is 55.8 Å². The summed E-state index contributed by atoms with van der Waals surface area (Å²) in [6, 6.07) is 2.45. The van der Waals surface area contributed by atoms with Gasteiger partial charge >= 0.3 is 0 Å². The smallest absolute Gasteiger partial charge is 0.235 e. The molecule has 1 aromatic carbocycles. The van der Waals surface area contributed by atoms with Gasteiger partial charge < -0.3 is 25.0 Å². The van der Waals surface area contributed by atoms with E-state index in [-0.39, 0.29) is 5.41 Å². The van der Waals surface area contributed by atoms with E-state index in [4.69, 9.17) is 9.47 Å². The van der Waals surface area contributed by atoms with Gasteiger partial charge in [-0.3, -0.25) is 0 Å². The molecule has 1 spiro atoms. The molecule has 124 valence electrons. The number of aliphatic hydroxyl groups is 2. The molecule has 0 radical (unpaired) electrons. The van der Waals surface area contributed by atoms with Crippen LogP contribution in [0.4, 0.5) is 0 Å². The molecule has 0 amide bonds. The lowest BCUT2D eigenvalue weighted by molar-refractivity contribution is -0.247. The second kappa shape index (κ2) is 4.41. The Kier molecular flexibility index (Phi) is 2.70. The molecule has 1 fully saturated rings. The van der Waals surface area contributed by atoms with Gasteiger partial charge in [-0.1, -0.05) is 0 Å². The first-order chi connectivity index (χ1) is 11.1. The summed E-state index contributed by atoms with van der Waals surface area (Å²) in [4.78, 5) is 0. The van der Waals surface area contributed by atoms with Gasteiger partial charge in [0.2, 0.25) is 5.79 Å². The maximum Gasteiger partial charge on any atom is 0.235 e. The summed E-state index contributed by atoms with van der Waals surface area (Å²) < 4.78 is 11.6. The van der Waals surface area contributed by atoms with Crippen LogP contribution in [-0.4, -0.2) is 35.8 Å². The number of methoxy groups -OCH3 is 1. The van der Waals surface area contributed by atoms with Crippen LogP contribution in [0.15, 0.2) is 6.07 Å². The van der Waals surface area contributed by atoms with Gasteiger partial charge in [-0.25, -0.2) is 0 Å². The van der Waals surface area contributed by atoms with Crippen LogP contribution in [0.1, 0.15) is 54.8 Å². The maximum atomic E-state index is 10.9. The van der Waals surface area contributed by atoms with Gasteiger partial charge in [-0.2, -0.15) is 0 Å². The van der Waals surface area contributed by atoms with Crippen molar-refractivity contribution in [1.82, 2.24) is 5.32 Å². The van der Waals surface area contributed by atoms with Crippen LogP contribution < -0.4 is 14.8 Å². The first-order valence-electron chi connectivity index (χ1n) is 8.63. The van der Waals surface area contributed by atoms with Crippen molar-refractivity contribution < 1.29 is 19.7 Å². The van der Waals surface area contributed by atoms with Gasteiger partial charge in [0.15, 0.2) is 11.5 Å². The fourth-order valence-electron chi connectivity index (χ4n) is 5.40. The van der Waals surface area contributed by atoms with E-state index in [1.165, 1.54) is 16.7 Å². The number of aliphatic hydroxyl groups excluding tert-OH is 1. The van der Waals surface area contributed by atoms with E-state index < -0.39 is 11.9 Å². The Hall–Kier alpha value is -1.30. The summed E-state index contributed by atoms with van der Waals surface area (Å²) in [5.74, 6) is -0.133. The van der Waals surface area contributed by atoms with Crippen molar-refractivity contribution in [1.29, 1.82) is 0 Å². The molecule has 1 saturated carbocycles. The van der Waals surface area contributed by atoms with Crippen LogP contribution >= 0.6 is 0 Å². The standard InChI is InChI=1S/C18H23NO4/c1-22-12-8-10-4-7-19-11-2-5-17-6-3-13(20)18(21,9-17)23-16(12)15(17)14(10)11/h8,11,13,19-21H,2-7,9H2,1H3/t11-,13+,17+,18+/m1/s1. The van der Waals surface area contributed by atoms with Gasteiger partial charge in [0.1, 0.15) is 6.10 Å². The fraction of sp³-hybridized carbons (Fsp3) is 0.667. The van der Waals surface area contributed by atoms with Crippen molar-refractivity contribution in [2.75, 3.05) is 13.7 Å². The molecule has 3 N–H and O–H groups in total. The Morgan fingerprint density at radius 1 is 1.35 bits per heavy atom. The zero-order valence-electron chi connectivity index (χ0n) is 13.4. The third-order valence-electron chi connectivity index (χ3n) is 6.45. The van der Waals surface area contributed by atoms with Crippen molar-refractivity contribution in [3.05, 3.63) is 22.8 Å². The lowest BCUT2D eigenvalue weighted by Crippen LogP contribution is -2.60. The number of hydrogen-bond donors (Lipinski definition) is 3. The quantitative estimate of drug-likeness (QED) is 0.733. The van der Waals surface area contributed by atoms with Gasteiger partial charge in [0.25, 0.3) is 0 Å². The van der Waals surface area contributed by atoms with E-state index in [9.17, 15) is 10.2 Å². The fourth-order valence-corrected chi connectivity index (χ4v) is 5.40. The van der Waals surface area contributed by atoms with Crippen LogP contribution in [0.5, 0.6) is 11.5 Å². The first kappa shape index (κ1) is 14.1. The Balaban J connectivity index is 1.82. The van der Waals surface area contributed by atoms with Crippen LogP contribution in [0.25, 0.3) is 0 Å². The highest BCUT2D eigenvalue weighted by Crippen LogP contribution is 2.62. The zero-order valence-corrected chi connectivity index (χ0v) is 13.4. The predicted octanol–water partition coefficient (Wildman–Crippen LogP) is 1.54. The van der Waals surface area contributed by atoms with E-state index in [2.05, 4.69) is 11.4 Å². The van der Waals surface area contributed by atoms with Crippen LogP contribution in [0, 0.1) is 0 Å². The Labute approximate surface area is 135 Å². The first-order valence-corrected chi connectivity index (χ1v) is 8.63. The lowest BCUT2D eigenvalue weighted by atomic mass is 9.57. The average molecular weight is 317 g/mol. The molecule has 4 atom stereocenters. The number of rotatable bonds is 1. The molecular weight excluding hydrogens is 294 g/mol. The highest BCUT2D eigenvalue weighted by atomic mass is 16.6. The Bertz CT molecular complexity index is 690. The van der Waals surface area contributed by atoms with Crippen LogP contribution in [-0.2, 0) is 11.8 Å². The summed E-state index contributed by atoms with van der Waals surface area (Å²) in [7, 11) is 1.65. The van der Waals surface area contributed by atoms with Gasteiger partial charge in [-0.15, -0.1) is 0 Å². The summed E-state index contributed by atoms with van der Waals surface area (Å²) in [6.07, 6.45) is 4.24. The molecule has 2 heterocycles. The normalized spacial score (nSPS) is 40.1. The minimum absolute atomic E-state index is 0.0876. The molecule has 1 aromatic rings.